The number of nitrogens with two attached hydrogens (primary N) is 1. The number of nitrogens with zero attached hydrogens (tertiary/aromatic N) is 3. The van der Waals surface area contributed by atoms with Crippen molar-refractivity contribution in [2.24, 2.45) is 0 Å². The highest BCUT2D eigenvalue weighted by Gasteiger charge is 2.10. The van der Waals surface area contributed by atoms with Gasteiger partial charge in [-0.25, -0.2) is 4.39 Å². The average Bonchev–Trinajstić information content (AvgIpc) is 2.38. The fraction of sp³-hybridized carbons (Fsp3) is 0.250. The number of methoxy groups -OCH3 is 1. The van der Waals surface area contributed by atoms with Gasteiger partial charge in [-0.15, -0.1) is 0 Å². The summed E-state index contributed by atoms with van der Waals surface area (Å²) in [6.07, 6.45) is 0. The van der Waals surface area contributed by atoms with Crippen LogP contribution in [0.25, 0.3) is 0 Å². The second-order valence-corrected chi connectivity index (χ2v) is 3.92. The van der Waals surface area contributed by atoms with Gasteiger partial charge in [0.1, 0.15) is 5.82 Å². The van der Waals surface area contributed by atoms with Crippen molar-refractivity contribution < 1.29 is 9.13 Å². The van der Waals surface area contributed by atoms with Crippen molar-refractivity contribution in [3.8, 4) is 6.01 Å². The summed E-state index contributed by atoms with van der Waals surface area (Å²) in [5.41, 5.74) is 6.31. The molecule has 0 fully saturated rings. The summed E-state index contributed by atoms with van der Waals surface area (Å²) >= 11 is 0. The van der Waals surface area contributed by atoms with Gasteiger partial charge in [0.05, 0.1) is 13.2 Å². The third-order valence-corrected chi connectivity index (χ3v) is 2.51. The number of ether oxygens (including phenoxy) is 1. The number of benzene rings is 1. The van der Waals surface area contributed by atoms with Gasteiger partial charge in [0.25, 0.3) is 0 Å². The Morgan fingerprint density at radius 3 is 2.79 bits per heavy atom. The van der Waals surface area contributed by atoms with Crippen molar-refractivity contribution >= 4 is 11.9 Å². The van der Waals surface area contributed by atoms with Gasteiger partial charge in [-0.1, -0.05) is 12.1 Å². The Balaban J connectivity index is 2.18. The molecule has 1 unspecified atom stereocenters. The number of aromatic nitrogens is 3. The van der Waals surface area contributed by atoms with Gasteiger partial charge in [0, 0.05) is 0 Å². The molecule has 3 N–H and O–H groups in total. The second-order valence-electron chi connectivity index (χ2n) is 3.92. The van der Waals surface area contributed by atoms with Crippen molar-refractivity contribution in [3.05, 3.63) is 35.6 Å². The maximum absolute atomic E-state index is 13.1. The predicted octanol–water partition coefficient (Wildman–Crippen LogP) is 1.77. The van der Waals surface area contributed by atoms with Crippen LogP contribution in [0.15, 0.2) is 24.3 Å². The van der Waals surface area contributed by atoms with Crippen molar-refractivity contribution in [2.75, 3.05) is 18.2 Å². The number of hydrogen-bond acceptors (Lipinski definition) is 6. The highest BCUT2D eigenvalue weighted by Crippen LogP contribution is 2.18. The standard InChI is InChI=1S/C12H14FN5O/c1-7(8-4-3-5-9(13)6-8)15-11-16-10(14)17-12(18-11)19-2/h3-7H,1-2H3,(H3,14,15,16,17,18). The smallest absolute Gasteiger partial charge is 0.322 e. The summed E-state index contributed by atoms with van der Waals surface area (Å²) < 4.78 is 18.0. The lowest BCUT2D eigenvalue weighted by atomic mass is 10.1. The molecule has 1 heterocycles. The molecule has 1 aromatic carbocycles. The van der Waals surface area contributed by atoms with Crippen LogP contribution in [0, 0.1) is 5.82 Å². The van der Waals surface area contributed by atoms with Gasteiger partial charge < -0.3 is 15.8 Å². The van der Waals surface area contributed by atoms with E-state index in [1.807, 2.05) is 13.0 Å². The van der Waals surface area contributed by atoms with Gasteiger partial charge >= 0.3 is 6.01 Å². The Labute approximate surface area is 109 Å². The first-order valence-corrected chi connectivity index (χ1v) is 5.66. The lowest BCUT2D eigenvalue weighted by molar-refractivity contribution is 0.379. The van der Waals surface area contributed by atoms with Crippen LogP contribution < -0.4 is 15.8 Å². The van der Waals surface area contributed by atoms with E-state index in [2.05, 4.69) is 20.3 Å². The summed E-state index contributed by atoms with van der Waals surface area (Å²) in [4.78, 5) is 11.7. The summed E-state index contributed by atoms with van der Waals surface area (Å²) in [6, 6.07) is 6.23. The quantitative estimate of drug-likeness (QED) is 0.874. The largest absolute Gasteiger partial charge is 0.467 e. The minimum Gasteiger partial charge on any atom is -0.467 e. The molecule has 7 heteroatoms. The lowest BCUT2D eigenvalue weighted by Crippen LogP contribution is -2.12. The lowest BCUT2D eigenvalue weighted by Gasteiger charge is -2.14. The number of nitrogen functional groups attached to an aromatic ring is 1. The molecule has 0 saturated heterocycles. The summed E-state index contributed by atoms with van der Waals surface area (Å²) in [6.45, 7) is 1.86. The third kappa shape index (κ3) is 3.27. The zero-order valence-electron chi connectivity index (χ0n) is 10.6. The van der Waals surface area contributed by atoms with E-state index in [0.717, 1.165) is 5.56 Å². The van der Waals surface area contributed by atoms with E-state index >= 15 is 0 Å². The molecule has 100 valence electrons. The molecule has 0 spiro atoms. The molecule has 0 amide bonds. The molecule has 0 aliphatic heterocycles. The first-order valence-electron chi connectivity index (χ1n) is 5.66. The number of halogens is 1. The second kappa shape index (κ2) is 5.47. The normalized spacial score (nSPS) is 11.9. The van der Waals surface area contributed by atoms with Gasteiger partial charge in [0.15, 0.2) is 0 Å². The Hall–Kier alpha value is -2.44. The minimum absolute atomic E-state index is 0.0563. The minimum atomic E-state index is -0.293. The predicted molar refractivity (Wildman–Crippen MR) is 69.2 cm³/mol. The average molecular weight is 263 g/mol. The van der Waals surface area contributed by atoms with Crippen LogP contribution in [0.3, 0.4) is 0 Å². The molecule has 0 radical (unpaired) electrons. The zero-order chi connectivity index (χ0) is 13.8. The van der Waals surface area contributed by atoms with Gasteiger partial charge in [-0.2, -0.15) is 15.0 Å². The summed E-state index contributed by atoms with van der Waals surface area (Å²) in [7, 11) is 1.44. The molecular weight excluding hydrogens is 249 g/mol. The Kier molecular flexibility index (Phi) is 3.74. The van der Waals surface area contributed by atoms with E-state index < -0.39 is 0 Å². The molecule has 0 aliphatic carbocycles. The van der Waals surface area contributed by atoms with E-state index in [4.69, 9.17) is 10.5 Å². The Morgan fingerprint density at radius 2 is 2.11 bits per heavy atom. The van der Waals surface area contributed by atoms with Crippen LogP contribution in [-0.4, -0.2) is 22.1 Å². The van der Waals surface area contributed by atoms with Gasteiger partial charge in [0.2, 0.25) is 11.9 Å². The van der Waals surface area contributed by atoms with Gasteiger partial charge in [-0.3, -0.25) is 0 Å². The number of hydrogen-bond donors (Lipinski definition) is 2. The maximum Gasteiger partial charge on any atom is 0.322 e. The van der Waals surface area contributed by atoms with Crippen molar-refractivity contribution in [3.63, 3.8) is 0 Å². The zero-order valence-corrected chi connectivity index (χ0v) is 10.6. The monoisotopic (exact) mass is 263 g/mol. The molecule has 19 heavy (non-hydrogen) atoms. The van der Waals surface area contributed by atoms with E-state index in [1.165, 1.54) is 19.2 Å². The van der Waals surface area contributed by atoms with Gasteiger partial charge in [-0.05, 0) is 24.6 Å². The molecule has 0 saturated carbocycles. The van der Waals surface area contributed by atoms with E-state index in [9.17, 15) is 4.39 Å². The third-order valence-electron chi connectivity index (χ3n) is 2.51. The van der Waals surface area contributed by atoms with Crippen molar-refractivity contribution in [2.45, 2.75) is 13.0 Å². The highest BCUT2D eigenvalue weighted by molar-refractivity contribution is 5.36. The molecule has 0 aliphatic rings. The highest BCUT2D eigenvalue weighted by atomic mass is 19.1. The van der Waals surface area contributed by atoms with E-state index in [-0.39, 0.29) is 29.8 Å². The van der Waals surface area contributed by atoms with Crippen LogP contribution in [-0.2, 0) is 0 Å². The molecule has 2 aromatic rings. The molecule has 2 rings (SSSR count). The number of rotatable bonds is 4. The fourth-order valence-electron chi connectivity index (χ4n) is 1.58. The Bertz CT molecular complexity index is 578. The SMILES string of the molecule is COc1nc(N)nc(NC(C)c2cccc(F)c2)n1. The summed E-state index contributed by atoms with van der Waals surface area (Å²) in [5.74, 6) is 0.0424. The molecule has 1 aromatic heterocycles. The fourth-order valence-corrected chi connectivity index (χ4v) is 1.58. The first-order chi connectivity index (χ1) is 9.08. The Morgan fingerprint density at radius 1 is 1.32 bits per heavy atom. The van der Waals surface area contributed by atoms with Crippen LogP contribution in [0.4, 0.5) is 16.3 Å². The van der Waals surface area contributed by atoms with E-state index in [0.29, 0.717) is 0 Å². The molecule has 1 atom stereocenters. The maximum atomic E-state index is 13.1. The van der Waals surface area contributed by atoms with Crippen molar-refractivity contribution in [1.29, 1.82) is 0 Å². The topological polar surface area (TPSA) is 86.0 Å². The van der Waals surface area contributed by atoms with Crippen LogP contribution >= 0.6 is 0 Å². The molecule has 0 bridgehead atoms. The van der Waals surface area contributed by atoms with Crippen LogP contribution in [0.1, 0.15) is 18.5 Å². The van der Waals surface area contributed by atoms with Crippen LogP contribution in [0.2, 0.25) is 0 Å². The molecular formula is C12H14FN5O. The number of anilines is 2. The summed E-state index contributed by atoms with van der Waals surface area (Å²) in [5, 5.41) is 3.01. The van der Waals surface area contributed by atoms with Crippen molar-refractivity contribution in [1.82, 2.24) is 15.0 Å². The van der Waals surface area contributed by atoms with E-state index in [1.54, 1.807) is 6.07 Å². The first kappa shape index (κ1) is 13.0. The number of nitrogens with one attached hydrogen (secondary N) is 1. The van der Waals surface area contributed by atoms with Crippen LogP contribution in [0.5, 0.6) is 6.01 Å². The molecule has 6 nitrogen and oxygen atoms in total.